The van der Waals surface area contributed by atoms with Gasteiger partial charge in [-0.3, -0.25) is 24.2 Å². The summed E-state index contributed by atoms with van der Waals surface area (Å²) >= 11 is 0. The molecule has 1 aromatic carbocycles. The number of amides is 1. The number of phenols is 1. The van der Waals surface area contributed by atoms with E-state index in [4.69, 9.17) is 5.73 Å². The van der Waals surface area contributed by atoms with Crippen molar-refractivity contribution in [1.29, 1.82) is 0 Å². The first-order valence-corrected chi connectivity index (χ1v) is 11.8. The third-order valence-corrected chi connectivity index (χ3v) is 8.20. The summed E-state index contributed by atoms with van der Waals surface area (Å²) in [4.78, 5) is 42.0. The zero-order valence-corrected chi connectivity index (χ0v) is 20.2. The zero-order valence-electron chi connectivity index (χ0n) is 20.2. The number of rotatable bonds is 4. The van der Waals surface area contributed by atoms with Crippen molar-refractivity contribution < 1.29 is 43.6 Å². The number of likely N-dealkylation sites (N-methyl/N-ethyl adjacent to an activating group) is 1. The van der Waals surface area contributed by atoms with Gasteiger partial charge in [-0.1, -0.05) is 0 Å². The van der Waals surface area contributed by atoms with Crippen LogP contribution in [0.3, 0.4) is 0 Å². The van der Waals surface area contributed by atoms with Crippen molar-refractivity contribution in [2.24, 2.45) is 17.6 Å². The Balaban J connectivity index is 1.69. The molecule has 0 fully saturated rings. The van der Waals surface area contributed by atoms with Crippen LogP contribution in [0.25, 0.3) is 0 Å². The van der Waals surface area contributed by atoms with E-state index >= 15 is 4.39 Å². The molecule has 1 aliphatic heterocycles. The topological polar surface area (TPSA) is 165 Å². The Morgan fingerprint density at radius 3 is 2.41 bits per heavy atom. The molecule has 12 heteroatoms. The van der Waals surface area contributed by atoms with E-state index in [9.17, 15) is 39.2 Å². The average molecular weight is 520 g/mol. The van der Waals surface area contributed by atoms with Crippen LogP contribution in [0.5, 0.6) is 5.75 Å². The second-order valence-electron chi connectivity index (χ2n) is 10.3. The van der Waals surface area contributed by atoms with E-state index in [1.165, 1.54) is 19.0 Å². The smallest absolute Gasteiger partial charge is 0.255 e. The highest BCUT2D eigenvalue weighted by molar-refractivity contribution is 6.24. The molecule has 0 spiro atoms. The molecule has 1 heterocycles. The van der Waals surface area contributed by atoms with Crippen LogP contribution in [-0.2, 0) is 29.1 Å². The lowest BCUT2D eigenvalue weighted by atomic mass is 9.58. The van der Waals surface area contributed by atoms with Crippen molar-refractivity contribution in [3.8, 4) is 5.75 Å². The number of phenolic OH excluding ortho intramolecular Hbond substituents is 1. The molecule has 0 saturated heterocycles. The molecule has 0 radical (unpaired) electrons. The molecule has 1 amide bonds. The van der Waals surface area contributed by atoms with Crippen LogP contribution in [0.15, 0.2) is 22.7 Å². The molecular weight excluding hydrogens is 492 g/mol. The Morgan fingerprint density at radius 1 is 1.16 bits per heavy atom. The number of fused-ring (bicyclic) bond motifs is 4. The van der Waals surface area contributed by atoms with Crippen molar-refractivity contribution in [3.63, 3.8) is 0 Å². The molecule has 37 heavy (non-hydrogen) atoms. The number of Topliss-reactive ketones (excluding diaryl/α,β-unsaturated/α-hetero) is 2. The van der Waals surface area contributed by atoms with Gasteiger partial charge in [0.1, 0.15) is 35.3 Å². The molecule has 0 unspecified atom stereocenters. The number of primary amides is 1. The summed E-state index contributed by atoms with van der Waals surface area (Å²) in [5, 5.41) is 44.6. The standard InChI is InChI=1S/C25H27F2N3O7/c1-29(2)18-13-6-9-5-10-15(19(31)12-8-30(4-3-26)7-11(12)17(10)27)20(32)14(9)22(34)25(13,37)23(35)16(21(18)33)24(28)36/h9,13,18,31,33-34,37H,3-8H2,1-2H3,(H2,28,36)/t9-,13-,18-,25-/m0/s1. The van der Waals surface area contributed by atoms with Gasteiger partial charge in [0.05, 0.1) is 11.6 Å². The van der Waals surface area contributed by atoms with Gasteiger partial charge < -0.3 is 26.2 Å². The van der Waals surface area contributed by atoms with Gasteiger partial charge >= 0.3 is 0 Å². The van der Waals surface area contributed by atoms with Gasteiger partial charge in [0, 0.05) is 47.8 Å². The van der Waals surface area contributed by atoms with E-state index in [1.807, 2.05) is 0 Å². The molecule has 0 bridgehead atoms. The Hall–Kier alpha value is -3.35. The van der Waals surface area contributed by atoms with Gasteiger partial charge in [0.25, 0.3) is 5.91 Å². The van der Waals surface area contributed by atoms with Crippen molar-refractivity contribution in [1.82, 2.24) is 9.80 Å². The molecule has 1 aromatic rings. The summed E-state index contributed by atoms with van der Waals surface area (Å²) in [7, 11) is 3.05. The maximum atomic E-state index is 15.7. The van der Waals surface area contributed by atoms with Crippen LogP contribution < -0.4 is 5.73 Å². The second kappa shape index (κ2) is 8.33. The third-order valence-electron chi connectivity index (χ3n) is 8.20. The third kappa shape index (κ3) is 3.22. The number of halogens is 2. The number of carbonyl (C=O) groups is 3. The monoisotopic (exact) mass is 519 g/mol. The van der Waals surface area contributed by atoms with Crippen molar-refractivity contribution in [3.05, 3.63) is 50.7 Å². The largest absolute Gasteiger partial charge is 0.510 e. The summed E-state index contributed by atoms with van der Waals surface area (Å²) in [6, 6.07) is -1.13. The zero-order chi connectivity index (χ0) is 27.1. The van der Waals surface area contributed by atoms with Crippen LogP contribution in [0.1, 0.15) is 33.5 Å². The molecular formula is C25H27F2N3O7. The highest BCUT2D eigenvalue weighted by Gasteiger charge is 2.63. The van der Waals surface area contributed by atoms with Crippen molar-refractivity contribution >= 4 is 17.5 Å². The maximum Gasteiger partial charge on any atom is 0.255 e. The van der Waals surface area contributed by atoms with E-state index in [0.717, 1.165) is 0 Å². The Morgan fingerprint density at radius 2 is 1.81 bits per heavy atom. The van der Waals surface area contributed by atoms with Gasteiger partial charge in [-0.15, -0.1) is 0 Å². The van der Waals surface area contributed by atoms with E-state index in [-0.39, 0.29) is 60.3 Å². The SMILES string of the molecule is CN(C)[C@@H]1C(O)=C(C(N)=O)C(=O)[C@@]2(O)C(O)=C3C(=O)c4c(O)c5c(c(F)c4C[C@H]3C[C@@H]12)CN(CCF)C5. The number of nitrogens with two attached hydrogens (primary N) is 1. The lowest BCUT2D eigenvalue weighted by Gasteiger charge is -2.50. The Labute approximate surface area is 210 Å². The van der Waals surface area contributed by atoms with Crippen LogP contribution in [-0.4, -0.2) is 86.7 Å². The fourth-order valence-electron chi connectivity index (χ4n) is 6.56. The number of allylic oxidation sites excluding steroid dienone is 1. The molecule has 10 nitrogen and oxygen atoms in total. The fourth-order valence-corrected chi connectivity index (χ4v) is 6.56. The summed E-state index contributed by atoms with van der Waals surface area (Å²) in [5.74, 6) is -8.51. The minimum absolute atomic E-state index is 0.0160. The molecule has 4 aliphatic rings. The van der Waals surface area contributed by atoms with Gasteiger partial charge in [-0.05, 0) is 32.9 Å². The number of hydrogen-bond donors (Lipinski definition) is 5. The normalized spacial score (nSPS) is 29.4. The number of aromatic hydroxyl groups is 1. The minimum atomic E-state index is -2.76. The first-order valence-electron chi connectivity index (χ1n) is 11.8. The molecule has 3 aliphatic carbocycles. The maximum absolute atomic E-state index is 15.7. The summed E-state index contributed by atoms with van der Waals surface area (Å²) in [6.07, 6.45) is -0.263. The predicted molar refractivity (Wildman–Crippen MR) is 124 cm³/mol. The van der Waals surface area contributed by atoms with E-state index in [2.05, 4.69) is 0 Å². The quantitative estimate of drug-likeness (QED) is 0.357. The number of aliphatic hydroxyl groups is 3. The number of carbonyl (C=O) groups excluding carboxylic acids is 3. The molecule has 0 aromatic heterocycles. The van der Waals surface area contributed by atoms with Gasteiger partial charge in [0.15, 0.2) is 11.4 Å². The Bertz CT molecular complexity index is 1340. The van der Waals surface area contributed by atoms with E-state index in [0.29, 0.717) is 0 Å². The number of alkyl halides is 1. The molecule has 5 rings (SSSR count). The van der Waals surface area contributed by atoms with Crippen LogP contribution in [0, 0.1) is 17.7 Å². The lowest BCUT2D eigenvalue weighted by molar-refractivity contribution is -0.148. The molecule has 0 saturated carbocycles. The molecule has 198 valence electrons. The Kier molecular flexibility index (Phi) is 5.70. The second-order valence-corrected chi connectivity index (χ2v) is 10.3. The van der Waals surface area contributed by atoms with E-state index < -0.39 is 76.3 Å². The summed E-state index contributed by atoms with van der Waals surface area (Å²) in [6.45, 7) is -0.569. The van der Waals surface area contributed by atoms with Gasteiger partial charge in [-0.2, -0.15) is 0 Å². The van der Waals surface area contributed by atoms with Crippen LogP contribution >= 0.6 is 0 Å². The first kappa shape index (κ1) is 25.3. The number of benzene rings is 1. The van der Waals surface area contributed by atoms with Crippen molar-refractivity contribution in [2.75, 3.05) is 27.3 Å². The van der Waals surface area contributed by atoms with Crippen LogP contribution in [0.4, 0.5) is 8.78 Å². The number of aliphatic hydroxyl groups excluding tert-OH is 2. The number of ketones is 2. The highest BCUT2D eigenvalue weighted by Crippen LogP contribution is 2.53. The predicted octanol–water partition coefficient (Wildman–Crippen LogP) is 0.545. The van der Waals surface area contributed by atoms with Gasteiger partial charge in [0.2, 0.25) is 5.78 Å². The van der Waals surface area contributed by atoms with Crippen molar-refractivity contribution in [2.45, 2.75) is 37.6 Å². The first-order chi connectivity index (χ1) is 17.4. The summed E-state index contributed by atoms with van der Waals surface area (Å²) < 4.78 is 28.6. The van der Waals surface area contributed by atoms with Crippen LogP contribution in [0.2, 0.25) is 0 Å². The minimum Gasteiger partial charge on any atom is -0.510 e. The average Bonchev–Trinajstić information content (AvgIpc) is 3.24. The fraction of sp³-hybridized carbons (Fsp3) is 0.480. The molecule has 6 N–H and O–H groups in total. The van der Waals surface area contributed by atoms with E-state index in [1.54, 1.807) is 4.90 Å². The summed E-state index contributed by atoms with van der Waals surface area (Å²) in [5.41, 5.74) is 1.19. The number of hydrogen-bond acceptors (Lipinski definition) is 9. The highest BCUT2D eigenvalue weighted by atomic mass is 19.1. The van der Waals surface area contributed by atoms with Gasteiger partial charge in [-0.25, -0.2) is 8.78 Å². The molecule has 4 atom stereocenters. The number of nitrogens with zero attached hydrogens (tertiary/aromatic N) is 2. The lowest BCUT2D eigenvalue weighted by Crippen LogP contribution is -2.63.